The Morgan fingerprint density at radius 2 is 1.75 bits per heavy atom. The number of ether oxygens (including phenoxy) is 1. The number of piperidine rings is 1. The van der Waals surface area contributed by atoms with E-state index >= 15 is 0 Å². The third kappa shape index (κ3) is 4.55. The van der Waals surface area contributed by atoms with E-state index in [0.29, 0.717) is 51.3 Å². The number of rotatable bonds is 6. The first kappa shape index (κ1) is 22.8. The van der Waals surface area contributed by atoms with Crippen LogP contribution in [0.1, 0.15) is 18.4 Å². The summed E-state index contributed by atoms with van der Waals surface area (Å²) in [6.07, 6.45) is 1.14. The zero-order chi connectivity index (χ0) is 22.9. The number of carbonyl (C=O) groups is 1. The van der Waals surface area contributed by atoms with Crippen molar-refractivity contribution in [3.8, 4) is 5.75 Å². The first-order valence-electron chi connectivity index (χ1n) is 10.4. The van der Waals surface area contributed by atoms with Crippen molar-refractivity contribution in [2.45, 2.75) is 30.3 Å². The average molecular weight is 482 g/mol. The van der Waals surface area contributed by atoms with Crippen molar-refractivity contribution < 1.29 is 22.3 Å². The molecule has 2 amide bonds. The minimum atomic E-state index is -3.68. The molecule has 2 saturated heterocycles. The molecule has 2 aromatic carbocycles. The molecule has 0 atom stereocenters. The van der Waals surface area contributed by atoms with Crippen LogP contribution in [-0.2, 0) is 16.6 Å². The first-order valence-corrected chi connectivity index (χ1v) is 12.2. The van der Waals surface area contributed by atoms with E-state index in [1.54, 1.807) is 23.1 Å². The highest BCUT2D eigenvalue weighted by Gasteiger charge is 2.37. The molecule has 0 spiro atoms. The fourth-order valence-electron chi connectivity index (χ4n) is 4.25. The minimum Gasteiger partial charge on any atom is -0.495 e. The van der Waals surface area contributed by atoms with E-state index in [1.807, 2.05) is 4.90 Å². The van der Waals surface area contributed by atoms with Crippen molar-refractivity contribution in [2.75, 3.05) is 33.3 Å². The van der Waals surface area contributed by atoms with Crippen molar-refractivity contribution >= 4 is 27.7 Å². The van der Waals surface area contributed by atoms with Crippen molar-refractivity contribution in [2.24, 2.45) is 0 Å². The SMILES string of the molecule is COc1ccc(S(=O)(=O)N2CCC(N3CCN(Cc4ccc(F)cc4)C3=O)CC2)cc1Cl. The second-order valence-corrected chi connectivity index (χ2v) is 10.3. The van der Waals surface area contributed by atoms with Crippen LogP contribution in [0.15, 0.2) is 47.4 Å². The first-order chi connectivity index (χ1) is 15.3. The lowest BCUT2D eigenvalue weighted by Gasteiger charge is -2.36. The van der Waals surface area contributed by atoms with Crippen LogP contribution in [0.4, 0.5) is 9.18 Å². The number of amides is 2. The van der Waals surface area contributed by atoms with Crippen LogP contribution in [0, 0.1) is 5.82 Å². The predicted octanol–water partition coefficient (Wildman–Crippen LogP) is 3.58. The number of hydrogen-bond acceptors (Lipinski definition) is 4. The predicted molar refractivity (Wildman–Crippen MR) is 119 cm³/mol. The fraction of sp³-hybridized carbons (Fsp3) is 0.409. The minimum absolute atomic E-state index is 0.00776. The van der Waals surface area contributed by atoms with Crippen LogP contribution in [-0.4, -0.2) is 67.9 Å². The van der Waals surface area contributed by atoms with Gasteiger partial charge < -0.3 is 14.5 Å². The summed E-state index contributed by atoms with van der Waals surface area (Å²) in [5.41, 5.74) is 0.876. The molecule has 172 valence electrons. The van der Waals surface area contributed by atoms with Gasteiger partial charge in [-0.3, -0.25) is 0 Å². The van der Waals surface area contributed by atoms with Gasteiger partial charge in [-0.1, -0.05) is 23.7 Å². The van der Waals surface area contributed by atoms with E-state index in [4.69, 9.17) is 16.3 Å². The Labute approximate surface area is 192 Å². The van der Waals surface area contributed by atoms with Crippen LogP contribution < -0.4 is 4.74 Å². The molecule has 2 aliphatic rings. The molecule has 0 unspecified atom stereocenters. The van der Waals surface area contributed by atoms with Crippen molar-refractivity contribution in [1.29, 1.82) is 0 Å². The van der Waals surface area contributed by atoms with Crippen molar-refractivity contribution in [1.82, 2.24) is 14.1 Å². The monoisotopic (exact) mass is 481 g/mol. The average Bonchev–Trinajstić information content (AvgIpc) is 3.15. The van der Waals surface area contributed by atoms with E-state index in [-0.39, 0.29) is 27.8 Å². The van der Waals surface area contributed by atoms with Gasteiger partial charge in [0.1, 0.15) is 11.6 Å². The molecule has 7 nitrogen and oxygen atoms in total. The van der Waals surface area contributed by atoms with Gasteiger partial charge in [0.2, 0.25) is 10.0 Å². The quantitative estimate of drug-likeness (QED) is 0.632. The topological polar surface area (TPSA) is 70.2 Å². The summed E-state index contributed by atoms with van der Waals surface area (Å²) in [6, 6.07) is 10.5. The normalized spacial score (nSPS) is 18.4. The summed E-state index contributed by atoms with van der Waals surface area (Å²) in [4.78, 5) is 16.6. The Morgan fingerprint density at radius 1 is 1.06 bits per heavy atom. The van der Waals surface area contributed by atoms with Gasteiger partial charge in [0.25, 0.3) is 0 Å². The number of urea groups is 1. The van der Waals surface area contributed by atoms with Crippen LogP contribution >= 0.6 is 11.6 Å². The molecule has 0 saturated carbocycles. The molecule has 0 aromatic heterocycles. The molecule has 0 aliphatic carbocycles. The number of sulfonamides is 1. The van der Waals surface area contributed by atoms with E-state index in [0.717, 1.165) is 5.56 Å². The van der Waals surface area contributed by atoms with Gasteiger partial charge in [-0.15, -0.1) is 0 Å². The lowest BCUT2D eigenvalue weighted by atomic mass is 10.1. The molecule has 32 heavy (non-hydrogen) atoms. The van der Waals surface area contributed by atoms with Crippen molar-refractivity contribution in [3.63, 3.8) is 0 Å². The highest BCUT2D eigenvalue weighted by molar-refractivity contribution is 7.89. The molecule has 2 heterocycles. The smallest absolute Gasteiger partial charge is 0.320 e. The van der Waals surface area contributed by atoms with Crippen LogP contribution in [0.5, 0.6) is 5.75 Å². The number of hydrogen-bond donors (Lipinski definition) is 0. The van der Waals surface area contributed by atoms with Gasteiger partial charge >= 0.3 is 6.03 Å². The summed E-state index contributed by atoms with van der Waals surface area (Å²) >= 11 is 6.10. The van der Waals surface area contributed by atoms with E-state index in [9.17, 15) is 17.6 Å². The lowest BCUT2D eigenvalue weighted by molar-refractivity contribution is 0.153. The van der Waals surface area contributed by atoms with Crippen LogP contribution in [0.3, 0.4) is 0 Å². The maximum absolute atomic E-state index is 13.1. The largest absolute Gasteiger partial charge is 0.495 e. The lowest BCUT2D eigenvalue weighted by Crippen LogP contribution is -2.47. The molecule has 2 fully saturated rings. The summed E-state index contributed by atoms with van der Waals surface area (Å²) in [7, 11) is -2.20. The second kappa shape index (κ2) is 9.25. The van der Waals surface area contributed by atoms with E-state index in [2.05, 4.69) is 0 Å². The number of halogens is 2. The molecule has 2 aromatic rings. The van der Waals surface area contributed by atoms with Gasteiger partial charge in [-0.05, 0) is 48.7 Å². The maximum Gasteiger partial charge on any atom is 0.320 e. The Balaban J connectivity index is 1.36. The Morgan fingerprint density at radius 3 is 2.38 bits per heavy atom. The summed E-state index contributed by atoms with van der Waals surface area (Å²) in [5, 5.41) is 0.243. The van der Waals surface area contributed by atoms with Crippen LogP contribution in [0.2, 0.25) is 5.02 Å². The highest BCUT2D eigenvalue weighted by Crippen LogP contribution is 2.30. The number of methoxy groups -OCH3 is 1. The molecule has 0 N–H and O–H groups in total. The van der Waals surface area contributed by atoms with Gasteiger partial charge in [0, 0.05) is 38.8 Å². The molecule has 4 rings (SSSR count). The number of benzene rings is 2. The summed E-state index contributed by atoms with van der Waals surface area (Å²) < 4.78 is 45.7. The molecular formula is C22H25ClFN3O4S. The zero-order valence-electron chi connectivity index (χ0n) is 17.7. The fourth-order valence-corrected chi connectivity index (χ4v) is 6.07. The molecule has 0 bridgehead atoms. The third-order valence-corrected chi connectivity index (χ3v) is 8.23. The third-order valence-electron chi connectivity index (χ3n) is 6.04. The highest BCUT2D eigenvalue weighted by atomic mass is 35.5. The van der Waals surface area contributed by atoms with E-state index in [1.165, 1.54) is 35.7 Å². The number of carbonyl (C=O) groups excluding carboxylic acids is 1. The Kier molecular flexibility index (Phi) is 6.60. The molecular weight excluding hydrogens is 457 g/mol. The maximum atomic E-state index is 13.1. The molecule has 10 heteroatoms. The summed E-state index contributed by atoms with van der Waals surface area (Å²) in [6.45, 7) is 2.29. The molecule has 2 aliphatic heterocycles. The van der Waals surface area contributed by atoms with E-state index < -0.39 is 10.0 Å². The van der Waals surface area contributed by atoms with Gasteiger partial charge in [-0.25, -0.2) is 17.6 Å². The van der Waals surface area contributed by atoms with Crippen LogP contribution in [0.25, 0.3) is 0 Å². The number of nitrogens with zero attached hydrogens (tertiary/aromatic N) is 3. The standard InChI is InChI=1S/C22H25ClFN3O4S/c1-31-21-7-6-19(14-20(21)23)32(29,30)26-10-8-18(9-11-26)27-13-12-25(22(27)28)15-16-2-4-17(24)5-3-16/h2-7,14,18H,8-13,15H2,1H3. The Bertz CT molecular complexity index is 1090. The second-order valence-electron chi connectivity index (χ2n) is 7.96. The van der Waals surface area contributed by atoms with Crippen molar-refractivity contribution in [3.05, 3.63) is 58.9 Å². The molecule has 0 radical (unpaired) electrons. The van der Waals surface area contributed by atoms with Gasteiger partial charge in [-0.2, -0.15) is 4.31 Å². The van der Waals surface area contributed by atoms with Gasteiger partial charge in [0.15, 0.2) is 0 Å². The van der Waals surface area contributed by atoms with Gasteiger partial charge in [0.05, 0.1) is 17.0 Å². The zero-order valence-corrected chi connectivity index (χ0v) is 19.3. The summed E-state index contributed by atoms with van der Waals surface area (Å²) in [5.74, 6) is 0.115. The Hall–Kier alpha value is -2.36.